The molecule has 0 saturated carbocycles. The lowest BCUT2D eigenvalue weighted by molar-refractivity contribution is 0.377. The minimum Gasteiger partial charge on any atom is -0.300 e. The highest BCUT2D eigenvalue weighted by atomic mass is 15.1. The van der Waals surface area contributed by atoms with E-state index in [9.17, 15) is 0 Å². The Hall–Kier alpha value is -0.560. The molecule has 0 bridgehead atoms. The van der Waals surface area contributed by atoms with Crippen molar-refractivity contribution >= 4 is 0 Å². The van der Waals surface area contributed by atoms with Crippen molar-refractivity contribution in [2.24, 2.45) is 0 Å². The number of nitrogens with zero attached hydrogens (tertiary/aromatic N) is 1. The first kappa shape index (κ1) is 7.55. The molecule has 1 aliphatic heterocycles. The van der Waals surface area contributed by atoms with E-state index in [1.807, 2.05) is 6.08 Å². The standard InChI is InChI=1S/C9H14N/c1-2-3-4-7-10-8-5-6-9-10/h1-4H,5-9H2/b2-1?,4-3+. The van der Waals surface area contributed by atoms with Gasteiger partial charge in [0.2, 0.25) is 0 Å². The molecule has 1 fully saturated rings. The van der Waals surface area contributed by atoms with Crippen LogP contribution in [0.5, 0.6) is 0 Å². The summed E-state index contributed by atoms with van der Waals surface area (Å²) in [6, 6.07) is 0. The van der Waals surface area contributed by atoms with Crippen molar-refractivity contribution < 1.29 is 0 Å². The Bertz CT molecular complexity index is 121. The third-order valence-electron chi connectivity index (χ3n) is 1.81. The van der Waals surface area contributed by atoms with Gasteiger partial charge >= 0.3 is 0 Å². The molecule has 1 heteroatoms. The molecule has 0 unspecified atom stereocenters. The van der Waals surface area contributed by atoms with Gasteiger partial charge in [-0.2, -0.15) is 0 Å². The lowest BCUT2D eigenvalue weighted by Gasteiger charge is -2.09. The van der Waals surface area contributed by atoms with Crippen molar-refractivity contribution in [2.45, 2.75) is 12.8 Å². The van der Waals surface area contributed by atoms with Crippen LogP contribution in [0.4, 0.5) is 0 Å². The van der Waals surface area contributed by atoms with Gasteiger partial charge in [0.25, 0.3) is 0 Å². The summed E-state index contributed by atoms with van der Waals surface area (Å²) >= 11 is 0. The van der Waals surface area contributed by atoms with E-state index in [1.54, 1.807) is 6.08 Å². The maximum atomic E-state index is 5.18. The summed E-state index contributed by atoms with van der Waals surface area (Å²) in [5.41, 5.74) is 0. The molecule has 1 heterocycles. The van der Waals surface area contributed by atoms with Crippen LogP contribution in [0.15, 0.2) is 18.2 Å². The fourth-order valence-corrected chi connectivity index (χ4v) is 1.25. The topological polar surface area (TPSA) is 3.24 Å². The van der Waals surface area contributed by atoms with Crippen molar-refractivity contribution in [2.75, 3.05) is 19.6 Å². The molecule has 1 saturated heterocycles. The first-order chi connectivity index (χ1) is 4.93. The zero-order chi connectivity index (χ0) is 7.23. The second-order valence-corrected chi connectivity index (χ2v) is 2.63. The molecule has 55 valence electrons. The van der Waals surface area contributed by atoms with Crippen LogP contribution >= 0.6 is 0 Å². The van der Waals surface area contributed by atoms with Crippen molar-refractivity contribution in [3.8, 4) is 0 Å². The van der Waals surface area contributed by atoms with E-state index < -0.39 is 0 Å². The molecule has 0 aromatic rings. The van der Waals surface area contributed by atoms with Crippen LogP contribution < -0.4 is 0 Å². The zero-order valence-corrected chi connectivity index (χ0v) is 6.29. The predicted octanol–water partition coefficient (Wildman–Crippen LogP) is 1.63. The lowest BCUT2D eigenvalue weighted by atomic mass is 10.4. The third-order valence-corrected chi connectivity index (χ3v) is 1.81. The first-order valence-corrected chi connectivity index (χ1v) is 3.86. The van der Waals surface area contributed by atoms with E-state index in [0.717, 1.165) is 6.54 Å². The van der Waals surface area contributed by atoms with E-state index in [4.69, 9.17) is 6.58 Å². The van der Waals surface area contributed by atoms with Crippen LogP contribution in [0.3, 0.4) is 0 Å². The van der Waals surface area contributed by atoms with Crippen LogP contribution in [0.25, 0.3) is 0 Å². The summed E-state index contributed by atoms with van der Waals surface area (Å²) < 4.78 is 0. The molecule has 0 N–H and O–H groups in total. The zero-order valence-electron chi connectivity index (χ0n) is 6.29. The van der Waals surface area contributed by atoms with Crippen molar-refractivity contribution in [3.05, 3.63) is 24.8 Å². The molecule has 0 amide bonds. The Labute approximate surface area is 63.0 Å². The van der Waals surface area contributed by atoms with E-state index >= 15 is 0 Å². The quantitative estimate of drug-likeness (QED) is 0.533. The average Bonchev–Trinajstić information content (AvgIpc) is 2.41. The third kappa shape index (κ3) is 2.36. The summed E-state index contributed by atoms with van der Waals surface area (Å²) in [4.78, 5) is 2.43. The summed E-state index contributed by atoms with van der Waals surface area (Å²) in [5.74, 6) is 0. The summed E-state index contributed by atoms with van der Waals surface area (Å²) in [6.45, 7) is 8.76. The van der Waals surface area contributed by atoms with Gasteiger partial charge in [-0.05, 0) is 25.9 Å². The maximum Gasteiger partial charge on any atom is 0.0166 e. The molecule has 1 rings (SSSR count). The minimum atomic E-state index is 1.06. The summed E-state index contributed by atoms with van der Waals surface area (Å²) in [5, 5.41) is 0. The highest BCUT2D eigenvalue weighted by Gasteiger charge is 2.07. The molecular weight excluding hydrogens is 122 g/mol. The maximum absolute atomic E-state index is 5.18. The fraction of sp³-hybridized carbons (Fsp3) is 0.556. The van der Waals surface area contributed by atoms with Crippen LogP contribution in [0, 0.1) is 6.58 Å². The number of hydrogen-bond donors (Lipinski definition) is 0. The average molecular weight is 136 g/mol. The first-order valence-electron chi connectivity index (χ1n) is 3.86. The van der Waals surface area contributed by atoms with Gasteiger partial charge in [-0.25, -0.2) is 0 Å². The second kappa shape index (κ2) is 4.29. The Kier molecular flexibility index (Phi) is 3.23. The van der Waals surface area contributed by atoms with Gasteiger partial charge in [0.05, 0.1) is 0 Å². The highest BCUT2D eigenvalue weighted by molar-refractivity contribution is 4.97. The molecule has 0 spiro atoms. The van der Waals surface area contributed by atoms with Gasteiger partial charge in [0, 0.05) is 6.54 Å². The van der Waals surface area contributed by atoms with Crippen LogP contribution in [0.1, 0.15) is 12.8 Å². The van der Waals surface area contributed by atoms with Gasteiger partial charge in [-0.3, -0.25) is 4.90 Å². The molecule has 0 aromatic heterocycles. The van der Waals surface area contributed by atoms with Gasteiger partial charge in [-0.15, -0.1) is 0 Å². The molecular formula is C9H14N. The van der Waals surface area contributed by atoms with Gasteiger partial charge in [-0.1, -0.05) is 24.8 Å². The Morgan fingerprint density at radius 2 is 2.00 bits per heavy atom. The largest absolute Gasteiger partial charge is 0.300 e. The molecule has 0 aliphatic carbocycles. The highest BCUT2D eigenvalue weighted by Crippen LogP contribution is 2.05. The smallest absolute Gasteiger partial charge is 0.0166 e. The van der Waals surface area contributed by atoms with E-state index in [-0.39, 0.29) is 0 Å². The summed E-state index contributed by atoms with van der Waals surface area (Å²) in [7, 11) is 0. The monoisotopic (exact) mass is 136 g/mol. The lowest BCUT2D eigenvalue weighted by Crippen LogP contribution is -2.18. The Morgan fingerprint density at radius 3 is 2.60 bits per heavy atom. The number of rotatable bonds is 3. The van der Waals surface area contributed by atoms with Crippen molar-refractivity contribution in [1.29, 1.82) is 0 Å². The molecule has 1 aliphatic rings. The fourth-order valence-electron chi connectivity index (χ4n) is 1.25. The summed E-state index contributed by atoms with van der Waals surface area (Å²) in [6.07, 6.45) is 8.31. The normalized spacial score (nSPS) is 20.4. The Morgan fingerprint density at radius 1 is 1.30 bits per heavy atom. The SMILES string of the molecule is [CH]=C/C=C/CN1CCCC1. The van der Waals surface area contributed by atoms with Crippen LogP contribution in [-0.2, 0) is 0 Å². The van der Waals surface area contributed by atoms with E-state index in [1.165, 1.54) is 25.9 Å². The number of likely N-dealkylation sites (tertiary alicyclic amines) is 1. The minimum absolute atomic E-state index is 1.06. The predicted molar refractivity (Wildman–Crippen MR) is 43.7 cm³/mol. The second-order valence-electron chi connectivity index (χ2n) is 2.63. The number of allylic oxidation sites excluding steroid dienone is 2. The van der Waals surface area contributed by atoms with E-state index in [0.29, 0.717) is 0 Å². The molecule has 1 nitrogen and oxygen atoms in total. The van der Waals surface area contributed by atoms with Gasteiger partial charge < -0.3 is 0 Å². The van der Waals surface area contributed by atoms with Gasteiger partial charge in [0.15, 0.2) is 0 Å². The van der Waals surface area contributed by atoms with E-state index in [2.05, 4.69) is 11.0 Å². The Balaban J connectivity index is 2.12. The molecule has 10 heavy (non-hydrogen) atoms. The van der Waals surface area contributed by atoms with Gasteiger partial charge in [0.1, 0.15) is 0 Å². The molecule has 0 aromatic carbocycles. The van der Waals surface area contributed by atoms with Crippen LogP contribution in [0.2, 0.25) is 0 Å². The molecule has 1 radical (unpaired) electrons. The van der Waals surface area contributed by atoms with Crippen molar-refractivity contribution in [1.82, 2.24) is 4.90 Å². The number of hydrogen-bond acceptors (Lipinski definition) is 1. The molecule has 0 atom stereocenters. The van der Waals surface area contributed by atoms with Crippen LogP contribution in [-0.4, -0.2) is 24.5 Å². The van der Waals surface area contributed by atoms with Crippen molar-refractivity contribution in [3.63, 3.8) is 0 Å².